The quantitative estimate of drug-likeness (QED) is 0.720. The lowest BCUT2D eigenvalue weighted by atomic mass is 9.55. The molecular weight excluding hydrogens is 350 g/mol. The molecule has 0 aromatic carbocycles. The highest BCUT2D eigenvalue weighted by Crippen LogP contribution is 2.55. The third-order valence-corrected chi connectivity index (χ3v) is 8.36. The highest BCUT2D eigenvalue weighted by molar-refractivity contribution is 6.01. The van der Waals surface area contributed by atoms with E-state index in [0.29, 0.717) is 24.2 Å². The summed E-state index contributed by atoms with van der Waals surface area (Å²) in [5.74, 6) is 1.44. The minimum absolute atomic E-state index is 0.00160. The number of carboxylic acids is 1. The first-order valence-electron chi connectivity index (χ1n) is 11.1. The topological polar surface area (TPSA) is 80.4 Å². The van der Waals surface area contributed by atoms with E-state index < -0.39 is 5.97 Å². The van der Waals surface area contributed by atoms with E-state index in [0.717, 1.165) is 38.5 Å². The normalized spacial score (nSPS) is 39.6. The second kappa shape index (κ2) is 8.14. The number of ketones is 1. The predicted octanol–water partition coefficient (Wildman–Crippen LogP) is 4.88. The summed E-state index contributed by atoms with van der Waals surface area (Å²) in [5.41, 5.74) is 7.95. The second-order valence-corrected chi connectivity index (χ2v) is 9.97. The average Bonchev–Trinajstić information content (AvgIpc) is 2.70. The SMILES string of the molecule is C[C@H](CCC(=O)O)[C@]1(N)CCC[C@H]2[C@@H](CCC3=CC(=O)C=CC32C)[C@@H](C)CC1. The van der Waals surface area contributed by atoms with Crippen LogP contribution in [-0.2, 0) is 9.59 Å². The van der Waals surface area contributed by atoms with E-state index in [9.17, 15) is 9.59 Å². The molecule has 2 saturated carbocycles. The van der Waals surface area contributed by atoms with Crippen molar-refractivity contribution in [1.82, 2.24) is 0 Å². The van der Waals surface area contributed by atoms with E-state index in [4.69, 9.17) is 10.8 Å². The van der Waals surface area contributed by atoms with Gasteiger partial charge < -0.3 is 10.8 Å². The molecule has 28 heavy (non-hydrogen) atoms. The van der Waals surface area contributed by atoms with Gasteiger partial charge in [0.05, 0.1) is 0 Å². The molecule has 3 N–H and O–H groups in total. The van der Waals surface area contributed by atoms with Crippen LogP contribution in [0.2, 0.25) is 0 Å². The van der Waals surface area contributed by atoms with Crippen molar-refractivity contribution in [3.63, 3.8) is 0 Å². The Morgan fingerprint density at radius 1 is 1.32 bits per heavy atom. The molecule has 4 nitrogen and oxygen atoms in total. The molecule has 0 radical (unpaired) electrons. The van der Waals surface area contributed by atoms with Gasteiger partial charge in [0.1, 0.15) is 0 Å². The van der Waals surface area contributed by atoms with Crippen LogP contribution in [0.25, 0.3) is 0 Å². The molecule has 2 fully saturated rings. The van der Waals surface area contributed by atoms with Crippen LogP contribution in [0.3, 0.4) is 0 Å². The van der Waals surface area contributed by atoms with Gasteiger partial charge in [-0.05, 0) is 80.8 Å². The summed E-state index contributed by atoms with van der Waals surface area (Å²) in [6, 6.07) is 0. The van der Waals surface area contributed by atoms with E-state index in [-0.39, 0.29) is 29.1 Å². The molecule has 0 aliphatic heterocycles. The van der Waals surface area contributed by atoms with E-state index in [1.54, 1.807) is 6.08 Å². The van der Waals surface area contributed by atoms with Crippen molar-refractivity contribution < 1.29 is 14.7 Å². The van der Waals surface area contributed by atoms with Gasteiger partial charge in [0.15, 0.2) is 5.78 Å². The molecule has 156 valence electrons. The molecule has 0 heterocycles. The van der Waals surface area contributed by atoms with Crippen molar-refractivity contribution in [1.29, 1.82) is 0 Å². The van der Waals surface area contributed by atoms with Crippen LogP contribution in [0.15, 0.2) is 23.8 Å². The molecule has 0 spiro atoms. The van der Waals surface area contributed by atoms with Gasteiger partial charge in [-0.1, -0.05) is 38.8 Å². The monoisotopic (exact) mass is 387 g/mol. The number of hydrogen-bond acceptors (Lipinski definition) is 3. The molecule has 6 atom stereocenters. The summed E-state index contributed by atoms with van der Waals surface area (Å²) in [5, 5.41) is 9.05. The first kappa shape index (κ1) is 21.3. The molecule has 3 aliphatic carbocycles. The molecular formula is C24H37NO3. The summed E-state index contributed by atoms with van der Waals surface area (Å²) in [6.07, 6.45) is 14.1. The number of rotatable bonds is 4. The van der Waals surface area contributed by atoms with Crippen molar-refractivity contribution in [2.24, 2.45) is 34.8 Å². The van der Waals surface area contributed by atoms with E-state index in [2.05, 4.69) is 26.8 Å². The molecule has 0 aromatic heterocycles. The maximum absolute atomic E-state index is 11.9. The van der Waals surface area contributed by atoms with Crippen LogP contribution < -0.4 is 5.73 Å². The Bertz CT molecular complexity index is 681. The van der Waals surface area contributed by atoms with Crippen molar-refractivity contribution in [3.8, 4) is 0 Å². The number of fused-ring (bicyclic) bond motifs is 3. The van der Waals surface area contributed by atoms with Crippen LogP contribution in [0, 0.1) is 29.1 Å². The van der Waals surface area contributed by atoms with Gasteiger partial charge in [-0.3, -0.25) is 9.59 Å². The Hall–Kier alpha value is -1.42. The largest absolute Gasteiger partial charge is 0.481 e. The molecule has 0 aromatic rings. The molecule has 0 amide bonds. The molecule has 4 heteroatoms. The van der Waals surface area contributed by atoms with Gasteiger partial charge in [0.2, 0.25) is 0 Å². The van der Waals surface area contributed by atoms with Crippen molar-refractivity contribution in [2.75, 3.05) is 0 Å². The fraction of sp³-hybridized carbons (Fsp3) is 0.750. The predicted molar refractivity (Wildman–Crippen MR) is 112 cm³/mol. The smallest absolute Gasteiger partial charge is 0.303 e. The maximum Gasteiger partial charge on any atom is 0.303 e. The highest BCUT2D eigenvalue weighted by Gasteiger charge is 2.47. The van der Waals surface area contributed by atoms with Crippen molar-refractivity contribution in [3.05, 3.63) is 23.8 Å². The van der Waals surface area contributed by atoms with Gasteiger partial charge in [0.25, 0.3) is 0 Å². The summed E-state index contributed by atoms with van der Waals surface area (Å²) in [6.45, 7) is 6.84. The molecule has 0 saturated heterocycles. The van der Waals surface area contributed by atoms with Crippen LogP contribution in [0.1, 0.15) is 78.6 Å². The number of hydrogen-bond donors (Lipinski definition) is 2. The Morgan fingerprint density at radius 2 is 2.07 bits per heavy atom. The minimum atomic E-state index is -0.733. The lowest BCUT2D eigenvalue weighted by molar-refractivity contribution is -0.137. The Balaban J connectivity index is 1.79. The Morgan fingerprint density at radius 3 is 2.79 bits per heavy atom. The standard InChI is InChI=1S/C24H37NO3/c1-16-10-14-24(25,17(2)6-9-22(27)28)12-4-5-21-20(16)8-7-18-15-19(26)11-13-23(18,21)3/h11,13,15-17,20-21H,4-10,12,14,25H2,1-3H3,(H,27,28)/t16-,17+,20-,21-,23?,24-/m0/s1. The lowest BCUT2D eigenvalue weighted by Gasteiger charge is -2.49. The number of carbonyl (C=O) groups is 2. The van der Waals surface area contributed by atoms with E-state index in [1.807, 2.05) is 6.08 Å². The van der Waals surface area contributed by atoms with E-state index >= 15 is 0 Å². The third kappa shape index (κ3) is 4.12. The van der Waals surface area contributed by atoms with Gasteiger partial charge in [0, 0.05) is 17.4 Å². The summed E-state index contributed by atoms with van der Waals surface area (Å²) < 4.78 is 0. The van der Waals surface area contributed by atoms with Crippen LogP contribution in [0.4, 0.5) is 0 Å². The van der Waals surface area contributed by atoms with E-state index in [1.165, 1.54) is 12.0 Å². The second-order valence-electron chi connectivity index (χ2n) is 9.97. The van der Waals surface area contributed by atoms with Gasteiger partial charge >= 0.3 is 5.97 Å². The number of carboxylic acid groups (broad SMARTS) is 1. The number of aliphatic carboxylic acids is 1. The number of nitrogens with two attached hydrogens (primary N) is 1. The first-order valence-corrected chi connectivity index (χ1v) is 11.1. The zero-order chi connectivity index (χ0) is 20.5. The first-order chi connectivity index (χ1) is 13.2. The zero-order valence-electron chi connectivity index (χ0n) is 17.7. The molecule has 1 unspecified atom stereocenters. The molecule has 3 aliphatic rings. The van der Waals surface area contributed by atoms with Crippen molar-refractivity contribution >= 4 is 11.8 Å². The summed E-state index contributed by atoms with van der Waals surface area (Å²) in [4.78, 5) is 22.9. The fourth-order valence-corrected chi connectivity index (χ4v) is 6.21. The van der Waals surface area contributed by atoms with Gasteiger partial charge in [-0.25, -0.2) is 0 Å². The Kier molecular flexibility index (Phi) is 6.19. The summed E-state index contributed by atoms with van der Waals surface area (Å²) >= 11 is 0. The maximum atomic E-state index is 11.9. The third-order valence-electron chi connectivity index (χ3n) is 8.36. The van der Waals surface area contributed by atoms with Crippen LogP contribution in [0.5, 0.6) is 0 Å². The number of allylic oxidation sites excluding steroid dienone is 4. The molecule has 0 bridgehead atoms. The summed E-state index contributed by atoms with van der Waals surface area (Å²) in [7, 11) is 0. The number of carbonyl (C=O) groups excluding carboxylic acids is 1. The lowest BCUT2D eigenvalue weighted by Crippen LogP contribution is -2.46. The molecule has 3 rings (SSSR count). The van der Waals surface area contributed by atoms with Gasteiger partial charge in [-0.15, -0.1) is 0 Å². The highest BCUT2D eigenvalue weighted by atomic mass is 16.4. The zero-order valence-corrected chi connectivity index (χ0v) is 17.7. The minimum Gasteiger partial charge on any atom is -0.481 e. The van der Waals surface area contributed by atoms with Crippen LogP contribution >= 0.6 is 0 Å². The van der Waals surface area contributed by atoms with Crippen LogP contribution in [-0.4, -0.2) is 22.4 Å². The van der Waals surface area contributed by atoms with Crippen molar-refractivity contribution in [2.45, 2.75) is 84.1 Å². The average molecular weight is 388 g/mol. The fourth-order valence-electron chi connectivity index (χ4n) is 6.21. The van der Waals surface area contributed by atoms with Gasteiger partial charge in [-0.2, -0.15) is 0 Å². The Labute approximate surface area is 169 Å².